The van der Waals surface area contributed by atoms with E-state index in [9.17, 15) is 13.2 Å². The quantitative estimate of drug-likeness (QED) is 0.425. The van der Waals surface area contributed by atoms with Gasteiger partial charge in [0.1, 0.15) is 0 Å². The highest BCUT2D eigenvalue weighted by atomic mass is 127. The fraction of sp³-hybridized carbons (Fsp3) is 0.231. The average Bonchev–Trinajstić information content (AvgIpc) is 2.92. The number of benzene rings is 1. The fourth-order valence-electron chi connectivity index (χ4n) is 1.67. The van der Waals surface area contributed by atoms with Crippen molar-refractivity contribution in [3.05, 3.63) is 42.7 Å². The van der Waals surface area contributed by atoms with Gasteiger partial charge in [-0.1, -0.05) is 12.1 Å². The maximum atomic E-state index is 12.3. The minimum absolute atomic E-state index is 0. The molecular weight excluding hydrogens is 426 g/mol. The summed E-state index contributed by atoms with van der Waals surface area (Å²) in [4.78, 5) is 4.02. The molecule has 126 valence electrons. The predicted octanol–water partition coefficient (Wildman–Crippen LogP) is 2.83. The number of ether oxygens (including phenoxy) is 1. The number of rotatable bonds is 5. The highest BCUT2D eigenvalue weighted by Crippen LogP contribution is 2.29. The first kappa shape index (κ1) is 19.1. The number of aliphatic imine (C=N–C) groups is 1. The summed E-state index contributed by atoms with van der Waals surface area (Å²) in [5, 5.41) is 6.58. The summed E-state index contributed by atoms with van der Waals surface area (Å²) in [5.74, 6) is -0.384. The maximum absolute atomic E-state index is 12.3. The summed E-state index contributed by atoms with van der Waals surface area (Å²) in [6, 6.07) is 7.36. The average molecular weight is 441 g/mol. The van der Waals surface area contributed by atoms with Crippen LogP contribution < -0.4 is 15.8 Å². The van der Waals surface area contributed by atoms with Crippen molar-refractivity contribution in [2.45, 2.75) is 12.9 Å². The normalized spacial score (nSPS) is 11.7. The molecule has 2 rings (SSSR count). The van der Waals surface area contributed by atoms with E-state index >= 15 is 0 Å². The van der Waals surface area contributed by atoms with Crippen LogP contribution in [0.1, 0.15) is 0 Å². The van der Waals surface area contributed by atoms with Crippen LogP contribution in [0.2, 0.25) is 0 Å². The van der Waals surface area contributed by atoms with Gasteiger partial charge in [0.15, 0.2) is 11.7 Å². The molecule has 0 aliphatic carbocycles. The molecule has 1 heterocycles. The van der Waals surface area contributed by atoms with Crippen LogP contribution in [-0.2, 0) is 6.54 Å². The summed E-state index contributed by atoms with van der Waals surface area (Å²) in [6.45, 7) is 0.846. The van der Waals surface area contributed by atoms with E-state index < -0.39 is 6.36 Å². The molecule has 0 amide bonds. The predicted molar refractivity (Wildman–Crippen MR) is 90.9 cm³/mol. The number of alkyl halides is 3. The Labute approximate surface area is 147 Å². The molecule has 6 nitrogen and oxygen atoms in total. The van der Waals surface area contributed by atoms with E-state index in [2.05, 4.69) is 20.1 Å². The lowest BCUT2D eigenvalue weighted by Gasteiger charge is -2.14. The number of nitrogens with one attached hydrogen (secondary N) is 1. The van der Waals surface area contributed by atoms with Crippen LogP contribution >= 0.6 is 24.0 Å². The van der Waals surface area contributed by atoms with Gasteiger partial charge in [-0.2, -0.15) is 5.10 Å². The first-order chi connectivity index (χ1) is 10.4. The van der Waals surface area contributed by atoms with E-state index in [0.717, 1.165) is 0 Å². The minimum atomic E-state index is -4.77. The molecular formula is C13H15F3IN5O. The van der Waals surface area contributed by atoms with Gasteiger partial charge in [-0.3, -0.25) is 9.67 Å². The molecule has 1 aromatic carbocycles. The van der Waals surface area contributed by atoms with Crippen molar-refractivity contribution in [2.24, 2.45) is 10.7 Å². The van der Waals surface area contributed by atoms with Gasteiger partial charge in [0.25, 0.3) is 0 Å². The smallest absolute Gasteiger partial charge is 0.404 e. The van der Waals surface area contributed by atoms with E-state index in [1.54, 1.807) is 29.2 Å². The summed E-state index contributed by atoms with van der Waals surface area (Å²) in [5.41, 5.74) is 5.73. The molecule has 0 unspecified atom stereocenters. The first-order valence-corrected chi connectivity index (χ1v) is 6.33. The second kappa shape index (κ2) is 8.60. The second-order valence-corrected chi connectivity index (χ2v) is 4.21. The number of nitrogens with zero attached hydrogens (tertiary/aromatic N) is 3. The van der Waals surface area contributed by atoms with Crippen LogP contribution in [0.15, 0.2) is 47.7 Å². The standard InChI is InChI=1S/C13H14F3N5O.HI/c14-13(15,16)22-11-5-2-1-4-10(11)20-12(17)18-7-9-21-8-3-6-19-21;/h1-6,8H,7,9H2,(H3,17,18,20);1H. The fourth-order valence-corrected chi connectivity index (χ4v) is 1.67. The monoisotopic (exact) mass is 441 g/mol. The number of guanidine groups is 1. The molecule has 1 aromatic heterocycles. The maximum Gasteiger partial charge on any atom is 0.573 e. The molecule has 0 radical (unpaired) electrons. The number of aromatic nitrogens is 2. The van der Waals surface area contributed by atoms with E-state index in [1.807, 2.05) is 0 Å². The Kier molecular flexibility index (Phi) is 7.13. The number of halogens is 4. The van der Waals surface area contributed by atoms with Gasteiger partial charge < -0.3 is 15.8 Å². The number of hydrogen-bond donors (Lipinski definition) is 2. The Morgan fingerprint density at radius 2 is 2.04 bits per heavy atom. The molecule has 10 heteroatoms. The second-order valence-electron chi connectivity index (χ2n) is 4.21. The highest BCUT2D eigenvalue weighted by molar-refractivity contribution is 14.0. The van der Waals surface area contributed by atoms with Crippen molar-refractivity contribution in [3.63, 3.8) is 0 Å². The van der Waals surface area contributed by atoms with Crippen molar-refractivity contribution in [1.29, 1.82) is 0 Å². The van der Waals surface area contributed by atoms with Gasteiger partial charge in [-0.15, -0.1) is 37.1 Å². The molecule has 0 saturated carbocycles. The molecule has 0 bridgehead atoms. The lowest BCUT2D eigenvalue weighted by atomic mass is 10.3. The third-order valence-corrected chi connectivity index (χ3v) is 2.55. The summed E-state index contributed by atoms with van der Waals surface area (Å²) >= 11 is 0. The molecule has 0 aliphatic rings. The van der Waals surface area contributed by atoms with Gasteiger partial charge >= 0.3 is 6.36 Å². The highest BCUT2D eigenvalue weighted by Gasteiger charge is 2.32. The Morgan fingerprint density at radius 1 is 1.30 bits per heavy atom. The molecule has 0 spiro atoms. The van der Waals surface area contributed by atoms with Gasteiger partial charge in [-0.05, 0) is 18.2 Å². The van der Waals surface area contributed by atoms with Gasteiger partial charge in [-0.25, -0.2) is 0 Å². The van der Waals surface area contributed by atoms with Crippen molar-refractivity contribution >= 4 is 35.6 Å². The minimum Gasteiger partial charge on any atom is -0.404 e. The van der Waals surface area contributed by atoms with Gasteiger partial charge in [0.05, 0.1) is 18.8 Å². The molecule has 0 fully saturated rings. The van der Waals surface area contributed by atoms with Crippen molar-refractivity contribution in [3.8, 4) is 5.75 Å². The van der Waals surface area contributed by atoms with Crippen LogP contribution in [0, 0.1) is 0 Å². The number of para-hydroxylation sites is 2. The van der Waals surface area contributed by atoms with Crippen LogP contribution in [0.5, 0.6) is 5.75 Å². The third kappa shape index (κ3) is 6.76. The summed E-state index contributed by atoms with van der Waals surface area (Å²) in [7, 11) is 0. The zero-order valence-corrected chi connectivity index (χ0v) is 14.2. The number of anilines is 1. The van der Waals surface area contributed by atoms with Crippen LogP contribution in [0.4, 0.5) is 18.9 Å². The largest absolute Gasteiger partial charge is 0.573 e. The molecule has 0 atom stereocenters. The number of hydrogen-bond acceptors (Lipinski definition) is 3. The van der Waals surface area contributed by atoms with Gasteiger partial charge in [0.2, 0.25) is 0 Å². The zero-order chi connectivity index (χ0) is 16.0. The molecule has 2 aromatic rings. The van der Waals surface area contributed by atoms with Gasteiger partial charge in [0, 0.05) is 12.4 Å². The SMILES string of the molecule is I.NC(=NCCn1cccn1)Nc1ccccc1OC(F)(F)F. The summed E-state index contributed by atoms with van der Waals surface area (Å²) in [6.07, 6.45) is -1.37. The Hall–Kier alpha value is -1.98. The Morgan fingerprint density at radius 3 is 2.70 bits per heavy atom. The lowest BCUT2D eigenvalue weighted by Crippen LogP contribution is -2.25. The zero-order valence-electron chi connectivity index (χ0n) is 11.8. The Balaban J connectivity index is 0.00000264. The van der Waals surface area contributed by atoms with Crippen molar-refractivity contribution in [1.82, 2.24) is 9.78 Å². The van der Waals surface area contributed by atoms with Crippen molar-refractivity contribution < 1.29 is 17.9 Å². The Bertz CT molecular complexity index is 631. The van der Waals surface area contributed by atoms with Crippen molar-refractivity contribution in [2.75, 3.05) is 11.9 Å². The molecule has 0 aliphatic heterocycles. The van der Waals surface area contributed by atoms with Crippen LogP contribution in [-0.4, -0.2) is 28.6 Å². The van der Waals surface area contributed by atoms with Crippen LogP contribution in [0.3, 0.4) is 0 Å². The molecule has 3 N–H and O–H groups in total. The third-order valence-electron chi connectivity index (χ3n) is 2.55. The first-order valence-electron chi connectivity index (χ1n) is 6.33. The van der Waals surface area contributed by atoms with E-state index in [1.165, 1.54) is 18.2 Å². The summed E-state index contributed by atoms with van der Waals surface area (Å²) < 4.78 is 42.5. The van der Waals surface area contributed by atoms with E-state index in [-0.39, 0.29) is 41.4 Å². The molecule has 23 heavy (non-hydrogen) atoms. The lowest BCUT2D eigenvalue weighted by molar-refractivity contribution is -0.274. The van der Waals surface area contributed by atoms with E-state index in [4.69, 9.17) is 5.73 Å². The molecule has 0 saturated heterocycles. The number of nitrogens with two attached hydrogens (primary N) is 1. The van der Waals surface area contributed by atoms with E-state index in [0.29, 0.717) is 13.1 Å². The topological polar surface area (TPSA) is 77.5 Å². The van der Waals surface area contributed by atoms with Crippen LogP contribution in [0.25, 0.3) is 0 Å².